The van der Waals surface area contributed by atoms with Crippen LogP contribution in [0.4, 0.5) is 15.9 Å². The lowest BCUT2D eigenvalue weighted by atomic mass is 10.2. The van der Waals surface area contributed by atoms with E-state index in [4.69, 9.17) is 15.3 Å². The lowest BCUT2D eigenvalue weighted by Gasteiger charge is -2.24. The molecule has 0 spiro atoms. The molecule has 11 nitrogen and oxygen atoms in total. The molecule has 0 saturated heterocycles. The summed E-state index contributed by atoms with van der Waals surface area (Å²) < 4.78 is 27.3. The second-order valence-corrected chi connectivity index (χ2v) is 6.99. The molecule has 0 fully saturated rings. The number of methoxy groups -OCH3 is 2. The zero-order valence-electron chi connectivity index (χ0n) is 18.1. The molecule has 0 atom stereocenters. The Morgan fingerprint density at radius 3 is 2.70 bits per heavy atom. The van der Waals surface area contributed by atoms with Gasteiger partial charge in [0.25, 0.3) is 5.91 Å². The normalized spacial score (nSPS) is 10.8. The maximum atomic E-state index is 15.2. The third-order valence-corrected chi connectivity index (χ3v) is 4.87. The Hall–Kier alpha value is -4.32. The van der Waals surface area contributed by atoms with Gasteiger partial charge in [-0.05, 0) is 12.1 Å². The maximum Gasteiger partial charge on any atom is 0.253 e. The summed E-state index contributed by atoms with van der Waals surface area (Å²) in [6, 6.07) is 6.13. The molecule has 1 amide bonds. The van der Waals surface area contributed by atoms with Gasteiger partial charge in [-0.25, -0.2) is 20.2 Å². The van der Waals surface area contributed by atoms with Crippen LogP contribution in [-0.4, -0.2) is 51.4 Å². The molecule has 0 aliphatic carbocycles. The van der Waals surface area contributed by atoms with E-state index >= 15 is 4.39 Å². The molecule has 0 bridgehead atoms. The standard InChI is InChI=1S/C21H21FN8O3/c1-29-10-12(8-25-29)15-9-24-14-4-5-18(27-21(14)26-15)30(11-19(31)28-23)16-6-13(32-2)7-17(33-3)20(16)22/h4-10H,11,23H2,1-3H3,(H,28,31). The number of benzene rings is 1. The van der Waals surface area contributed by atoms with E-state index in [-0.39, 0.29) is 23.8 Å². The zero-order chi connectivity index (χ0) is 23.5. The number of rotatable bonds is 7. The topological polar surface area (TPSA) is 133 Å². The molecular formula is C21H21FN8O3. The number of aromatic nitrogens is 5. The molecule has 0 aliphatic heterocycles. The lowest BCUT2D eigenvalue weighted by molar-refractivity contribution is -0.119. The first-order valence-corrected chi connectivity index (χ1v) is 9.74. The number of nitrogens with zero attached hydrogens (tertiary/aromatic N) is 6. The van der Waals surface area contributed by atoms with Gasteiger partial charge in [0.1, 0.15) is 23.6 Å². The van der Waals surface area contributed by atoms with Crippen LogP contribution in [0.3, 0.4) is 0 Å². The number of nitrogens with one attached hydrogen (secondary N) is 1. The third kappa shape index (κ3) is 4.36. The Morgan fingerprint density at radius 1 is 1.21 bits per heavy atom. The average molecular weight is 452 g/mol. The van der Waals surface area contributed by atoms with Crippen molar-refractivity contribution in [3.63, 3.8) is 0 Å². The van der Waals surface area contributed by atoms with E-state index in [9.17, 15) is 4.79 Å². The highest BCUT2D eigenvalue weighted by atomic mass is 19.1. The minimum Gasteiger partial charge on any atom is -0.497 e. The highest BCUT2D eigenvalue weighted by Crippen LogP contribution is 2.36. The molecule has 12 heteroatoms. The van der Waals surface area contributed by atoms with E-state index in [0.717, 1.165) is 5.56 Å². The van der Waals surface area contributed by atoms with E-state index < -0.39 is 11.7 Å². The molecule has 0 radical (unpaired) electrons. The van der Waals surface area contributed by atoms with Crippen molar-refractivity contribution in [2.24, 2.45) is 12.9 Å². The minimum absolute atomic E-state index is 0.0121. The van der Waals surface area contributed by atoms with E-state index in [1.165, 1.54) is 31.3 Å². The summed E-state index contributed by atoms with van der Waals surface area (Å²) in [7, 11) is 4.57. The number of aryl methyl sites for hydroxylation is 1. The number of hydrazine groups is 1. The third-order valence-electron chi connectivity index (χ3n) is 4.87. The second-order valence-electron chi connectivity index (χ2n) is 6.99. The highest BCUT2D eigenvalue weighted by Gasteiger charge is 2.23. The number of carbonyl (C=O) groups excluding carboxylic acids is 1. The molecule has 0 saturated carbocycles. The van der Waals surface area contributed by atoms with Crippen molar-refractivity contribution in [1.82, 2.24) is 30.2 Å². The van der Waals surface area contributed by atoms with Crippen molar-refractivity contribution in [1.29, 1.82) is 0 Å². The maximum absolute atomic E-state index is 15.2. The summed E-state index contributed by atoms with van der Waals surface area (Å²) in [4.78, 5) is 27.0. The predicted molar refractivity (Wildman–Crippen MR) is 118 cm³/mol. The van der Waals surface area contributed by atoms with Crippen LogP contribution in [0.15, 0.2) is 42.9 Å². The summed E-state index contributed by atoms with van der Waals surface area (Å²) in [5.74, 6) is 4.56. The average Bonchev–Trinajstić information content (AvgIpc) is 3.28. The fraction of sp³-hybridized carbons (Fsp3) is 0.190. The minimum atomic E-state index is -0.694. The Bertz CT molecular complexity index is 1330. The monoisotopic (exact) mass is 452 g/mol. The van der Waals surface area contributed by atoms with Gasteiger partial charge in [0, 0.05) is 30.9 Å². The van der Waals surface area contributed by atoms with Crippen LogP contribution in [0.5, 0.6) is 11.5 Å². The molecule has 33 heavy (non-hydrogen) atoms. The summed E-state index contributed by atoms with van der Waals surface area (Å²) >= 11 is 0. The van der Waals surface area contributed by atoms with E-state index in [1.54, 1.807) is 42.5 Å². The predicted octanol–water partition coefficient (Wildman–Crippen LogP) is 1.71. The van der Waals surface area contributed by atoms with Gasteiger partial charge >= 0.3 is 0 Å². The van der Waals surface area contributed by atoms with Gasteiger partial charge in [-0.3, -0.25) is 19.9 Å². The molecule has 1 aromatic carbocycles. The van der Waals surface area contributed by atoms with Crippen molar-refractivity contribution in [3.8, 4) is 22.8 Å². The van der Waals surface area contributed by atoms with Crippen molar-refractivity contribution in [2.45, 2.75) is 0 Å². The first-order chi connectivity index (χ1) is 15.9. The number of anilines is 2. The Labute approximate surface area is 187 Å². The Balaban J connectivity index is 1.85. The molecule has 0 aliphatic rings. The molecule has 3 aromatic heterocycles. The number of hydrogen-bond donors (Lipinski definition) is 2. The quantitative estimate of drug-likeness (QED) is 0.244. The van der Waals surface area contributed by atoms with Crippen LogP contribution in [0.25, 0.3) is 22.4 Å². The van der Waals surface area contributed by atoms with Gasteiger partial charge in [0.05, 0.1) is 38.0 Å². The molecule has 0 unspecified atom stereocenters. The number of hydrogen-bond acceptors (Lipinski definition) is 9. The van der Waals surface area contributed by atoms with E-state index in [0.29, 0.717) is 22.6 Å². The number of amides is 1. The van der Waals surface area contributed by atoms with Gasteiger partial charge in [-0.2, -0.15) is 5.10 Å². The zero-order valence-corrected chi connectivity index (χ0v) is 18.1. The van der Waals surface area contributed by atoms with Crippen LogP contribution >= 0.6 is 0 Å². The molecular weight excluding hydrogens is 431 g/mol. The van der Waals surface area contributed by atoms with Crippen LogP contribution in [0.2, 0.25) is 0 Å². The summed E-state index contributed by atoms with van der Waals surface area (Å²) in [6.45, 7) is -0.321. The Morgan fingerprint density at radius 2 is 2.03 bits per heavy atom. The van der Waals surface area contributed by atoms with Crippen molar-refractivity contribution in [3.05, 3.63) is 48.7 Å². The molecule has 3 N–H and O–H groups in total. The van der Waals surface area contributed by atoms with Crippen molar-refractivity contribution < 1.29 is 18.7 Å². The number of halogens is 1. The van der Waals surface area contributed by atoms with Crippen LogP contribution in [-0.2, 0) is 11.8 Å². The summed E-state index contributed by atoms with van der Waals surface area (Å²) in [6.07, 6.45) is 5.08. The molecule has 4 rings (SSSR count). The second kappa shape index (κ2) is 9.04. The van der Waals surface area contributed by atoms with Gasteiger partial charge in [0.15, 0.2) is 17.2 Å². The van der Waals surface area contributed by atoms with Crippen LogP contribution < -0.4 is 25.6 Å². The largest absolute Gasteiger partial charge is 0.497 e. The molecule has 4 aromatic rings. The van der Waals surface area contributed by atoms with Crippen LogP contribution in [0.1, 0.15) is 0 Å². The molecule has 170 valence electrons. The number of fused-ring (bicyclic) bond motifs is 1. The molecule has 3 heterocycles. The number of ether oxygens (including phenoxy) is 2. The summed E-state index contributed by atoms with van der Waals surface area (Å²) in [5.41, 5.74) is 4.23. The van der Waals surface area contributed by atoms with Gasteiger partial charge < -0.3 is 14.4 Å². The van der Waals surface area contributed by atoms with Gasteiger partial charge in [-0.1, -0.05) is 0 Å². The first-order valence-electron chi connectivity index (χ1n) is 9.74. The van der Waals surface area contributed by atoms with Crippen molar-refractivity contribution in [2.75, 3.05) is 25.7 Å². The van der Waals surface area contributed by atoms with Gasteiger partial charge in [0.2, 0.25) is 0 Å². The van der Waals surface area contributed by atoms with E-state index in [1.807, 2.05) is 0 Å². The van der Waals surface area contributed by atoms with Crippen LogP contribution in [0, 0.1) is 5.82 Å². The number of nitrogens with two attached hydrogens (primary N) is 1. The highest BCUT2D eigenvalue weighted by molar-refractivity contribution is 5.85. The van der Waals surface area contributed by atoms with Crippen molar-refractivity contribution >= 4 is 28.6 Å². The fourth-order valence-corrected chi connectivity index (χ4v) is 3.23. The number of carbonyl (C=O) groups is 1. The SMILES string of the molecule is COc1cc(OC)c(F)c(N(CC(=O)NN)c2ccc3ncc(-c4cnn(C)c4)nc3n2)c1. The van der Waals surface area contributed by atoms with E-state index in [2.05, 4.69) is 25.5 Å². The lowest BCUT2D eigenvalue weighted by Crippen LogP contribution is -2.39. The number of pyridine rings is 1. The fourth-order valence-electron chi connectivity index (χ4n) is 3.23. The van der Waals surface area contributed by atoms with Gasteiger partial charge in [-0.15, -0.1) is 0 Å². The summed E-state index contributed by atoms with van der Waals surface area (Å²) in [5, 5.41) is 4.14. The smallest absolute Gasteiger partial charge is 0.253 e. The Kier molecular flexibility index (Phi) is 6.00. The first kappa shape index (κ1) is 21.9.